The molecular formula is C22H31N3O2. The van der Waals surface area contributed by atoms with Crippen molar-refractivity contribution < 1.29 is 9.53 Å². The van der Waals surface area contributed by atoms with Crippen molar-refractivity contribution in [3.05, 3.63) is 53.9 Å². The van der Waals surface area contributed by atoms with Crippen LogP contribution in [-0.4, -0.2) is 45.9 Å². The molecule has 0 saturated carbocycles. The van der Waals surface area contributed by atoms with E-state index >= 15 is 0 Å². The van der Waals surface area contributed by atoms with Gasteiger partial charge in [0.25, 0.3) is 5.91 Å². The number of hydrogen-bond acceptors (Lipinski definition) is 3. The molecule has 0 N–H and O–H groups in total. The fraction of sp³-hybridized carbons (Fsp3) is 0.545. The van der Waals surface area contributed by atoms with Crippen molar-refractivity contribution in [1.29, 1.82) is 0 Å². The molecule has 1 aliphatic rings. The molecule has 2 atom stereocenters. The Morgan fingerprint density at radius 3 is 2.85 bits per heavy atom. The average Bonchev–Trinajstić information content (AvgIpc) is 3.18. The minimum atomic E-state index is 0.104. The molecule has 0 bridgehead atoms. The Hall–Kier alpha value is -2.14. The maximum absolute atomic E-state index is 13.2. The molecule has 2 heterocycles. The van der Waals surface area contributed by atoms with Gasteiger partial charge in [0.2, 0.25) is 0 Å². The molecule has 5 heteroatoms. The van der Waals surface area contributed by atoms with E-state index in [9.17, 15) is 4.79 Å². The van der Waals surface area contributed by atoms with Crippen LogP contribution in [0.1, 0.15) is 56.0 Å². The van der Waals surface area contributed by atoms with Gasteiger partial charge >= 0.3 is 0 Å². The first-order chi connectivity index (χ1) is 13.1. The third-order valence-electron chi connectivity index (χ3n) is 5.18. The molecule has 3 rings (SSSR count). The summed E-state index contributed by atoms with van der Waals surface area (Å²) in [6, 6.07) is 9.81. The third-order valence-corrected chi connectivity index (χ3v) is 5.18. The SMILES string of the molecule is CCCC[C@@H]1CN(C(=O)c2cccc(Cn3cccn3)c2)C[C@H](C(C)C)O1. The maximum Gasteiger partial charge on any atom is 0.254 e. The average molecular weight is 370 g/mol. The van der Waals surface area contributed by atoms with Crippen molar-refractivity contribution in [2.75, 3.05) is 13.1 Å². The summed E-state index contributed by atoms with van der Waals surface area (Å²) in [5, 5.41) is 4.25. The molecule has 5 nitrogen and oxygen atoms in total. The van der Waals surface area contributed by atoms with Crippen LogP contribution in [0.5, 0.6) is 0 Å². The highest BCUT2D eigenvalue weighted by Crippen LogP contribution is 2.22. The van der Waals surface area contributed by atoms with Crippen LogP contribution in [0.25, 0.3) is 0 Å². The Bertz CT molecular complexity index is 727. The topological polar surface area (TPSA) is 47.4 Å². The Morgan fingerprint density at radius 2 is 2.15 bits per heavy atom. The van der Waals surface area contributed by atoms with Gasteiger partial charge in [-0.25, -0.2) is 0 Å². The molecule has 1 aromatic carbocycles. The van der Waals surface area contributed by atoms with Gasteiger partial charge in [0.1, 0.15) is 0 Å². The van der Waals surface area contributed by atoms with E-state index in [0.717, 1.165) is 30.4 Å². The fourth-order valence-electron chi connectivity index (χ4n) is 3.56. The Balaban J connectivity index is 1.72. The number of carbonyl (C=O) groups is 1. The van der Waals surface area contributed by atoms with E-state index < -0.39 is 0 Å². The number of rotatable bonds is 7. The molecule has 1 aromatic heterocycles. The van der Waals surface area contributed by atoms with E-state index in [-0.39, 0.29) is 18.1 Å². The van der Waals surface area contributed by atoms with Crippen molar-refractivity contribution in [1.82, 2.24) is 14.7 Å². The molecule has 27 heavy (non-hydrogen) atoms. The zero-order chi connectivity index (χ0) is 19.2. The van der Waals surface area contributed by atoms with E-state index in [4.69, 9.17) is 4.74 Å². The zero-order valence-corrected chi connectivity index (χ0v) is 16.7. The van der Waals surface area contributed by atoms with E-state index in [1.807, 2.05) is 46.1 Å². The first-order valence-electron chi connectivity index (χ1n) is 10.1. The Labute approximate surface area is 162 Å². The first kappa shape index (κ1) is 19.6. The number of morpholine rings is 1. The van der Waals surface area contributed by atoms with Crippen LogP contribution in [0.3, 0.4) is 0 Å². The Kier molecular flexibility index (Phi) is 6.67. The predicted octanol–water partition coefficient (Wildman–Crippen LogP) is 3.99. The maximum atomic E-state index is 13.2. The highest BCUT2D eigenvalue weighted by molar-refractivity contribution is 5.94. The number of benzene rings is 1. The molecule has 0 aliphatic carbocycles. The summed E-state index contributed by atoms with van der Waals surface area (Å²) in [6.45, 7) is 8.55. The molecule has 146 valence electrons. The standard InChI is InChI=1S/C22H31N3O2/c1-4-5-10-20-15-24(16-21(27-20)17(2)3)22(26)19-9-6-8-18(13-19)14-25-12-7-11-23-25/h6-9,11-13,17,20-21H,4-5,10,14-16H2,1-3H3/t20-,21-/m1/s1. The molecule has 1 saturated heterocycles. The first-order valence-corrected chi connectivity index (χ1v) is 10.1. The van der Waals surface area contributed by atoms with Crippen molar-refractivity contribution in [2.24, 2.45) is 5.92 Å². The minimum Gasteiger partial charge on any atom is -0.371 e. The molecule has 1 aliphatic heterocycles. The normalized spacial score (nSPS) is 20.2. The predicted molar refractivity (Wildman–Crippen MR) is 107 cm³/mol. The molecule has 1 fully saturated rings. The molecule has 0 unspecified atom stereocenters. The molecule has 2 aromatic rings. The lowest BCUT2D eigenvalue weighted by molar-refractivity contribution is -0.0962. The second-order valence-electron chi connectivity index (χ2n) is 7.80. The van der Waals surface area contributed by atoms with Crippen molar-refractivity contribution in [2.45, 2.75) is 58.8 Å². The lowest BCUT2D eigenvalue weighted by Crippen LogP contribution is -2.51. The van der Waals surface area contributed by atoms with Gasteiger partial charge in [-0.1, -0.05) is 45.7 Å². The smallest absolute Gasteiger partial charge is 0.254 e. The van der Waals surface area contributed by atoms with Gasteiger partial charge in [-0.2, -0.15) is 5.10 Å². The largest absolute Gasteiger partial charge is 0.371 e. The van der Waals surface area contributed by atoms with Gasteiger partial charge < -0.3 is 9.64 Å². The lowest BCUT2D eigenvalue weighted by atomic mass is 10.0. The summed E-state index contributed by atoms with van der Waals surface area (Å²) in [7, 11) is 0. The third kappa shape index (κ3) is 5.19. The van der Waals surface area contributed by atoms with E-state index in [2.05, 4.69) is 25.9 Å². The fourth-order valence-corrected chi connectivity index (χ4v) is 3.56. The van der Waals surface area contributed by atoms with E-state index in [1.54, 1.807) is 6.20 Å². The van der Waals surface area contributed by atoms with Gasteiger partial charge in [-0.3, -0.25) is 9.48 Å². The summed E-state index contributed by atoms with van der Waals surface area (Å²) < 4.78 is 8.12. The van der Waals surface area contributed by atoms with Crippen LogP contribution in [0.2, 0.25) is 0 Å². The van der Waals surface area contributed by atoms with Crippen molar-refractivity contribution in [3.8, 4) is 0 Å². The number of aromatic nitrogens is 2. The monoisotopic (exact) mass is 369 g/mol. The van der Waals surface area contributed by atoms with Crippen LogP contribution in [0, 0.1) is 5.92 Å². The summed E-state index contributed by atoms with van der Waals surface area (Å²) in [6.07, 6.45) is 7.25. The summed E-state index contributed by atoms with van der Waals surface area (Å²) in [5.41, 5.74) is 1.83. The number of unbranched alkanes of at least 4 members (excludes halogenated alkanes) is 1. The molecule has 0 radical (unpaired) electrons. The molecule has 0 spiro atoms. The second kappa shape index (κ2) is 9.18. The minimum absolute atomic E-state index is 0.104. The van der Waals surface area contributed by atoms with E-state index in [0.29, 0.717) is 25.6 Å². The lowest BCUT2D eigenvalue weighted by Gasteiger charge is -2.40. The van der Waals surface area contributed by atoms with Crippen molar-refractivity contribution in [3.63, 3.8) is 0 Å². The number of carbonyl (C=O) groups excluding carboxylic acids is 1. The highest BCUT2D eigenvalue weighted by atomic mass is 16.5. The Morgan fingerprint density at radius 1 is 1.30 bits per heavy atom. The van der Waals surface area contributed by atoms with Crippen molar-refractivity contribution >= 4 is 5.91 Å². The highest BCUT2D eigenvalue weighted by Gasteiger charge is 2.32. The zero-order valence-electron chi connectivity index (χ0n) is 16.7. The number of nitrogens with zero attached hydrogens (tertiary/aromatic N) is 3. The van der Waals surface area contributed by atoms with Crippen LogP contribution in [-0.2, 0) is 11.3 Å². The van der Waals surface area contributed by atoms with Crippen LogP contribution >= 0.6 is 0 Å². The summed E-state index contributed by atoms with van der Waals surface area (Å²) in [4.78, 5) is 15.2. The van der Waals surface area contributed by atoms with Gasteiger partial charge in [0.05, 0.1) is 18.8 Å². The number of amides is 1. The van der Waals surface area contributed by atoms with Crippen LogP contribution in [0.15, 0.2) is 42.7 Å². The van der Waals surface area contributed by atoms with E-state index in [1.165, 1.54) is 0 Å². The summed E-state index contributed by atoms with van der Waals surface area (Å²) >= 11 is 0. The van der Waals surface area contributed by atoms with Gasteiger partial charge in [0, 0.05) is 31.0 Å². The quantitative estimate of drug-likeness (QED) is 0.741. The number of ether oxygens (including phenoxy) is 1. The second-order valence-corrected chi connectivity index (χ2v) is 7.80. The van der Waals surface area contributed by atoms with Gasteiger partial charge in [-0.15, -0.1) is 0 Å². The summed E-state index contributed by atoms with van der Waals surface area (Å²) in [5.74, 6) is 0.503. The molecule has 1 amide bonds. The van der Waals surface area contributed by atoms with Gasteiger partial charge in [-0.05, 0) is 36.1 Å². The molecular weight excluding hydrogens is 338 g/mol. The van der Waals surface area contributed by atoms with Crippen LogP contribution < -0.4 is 0 Å². The van der Waals surface area contributed by atoms with Gasteiger partial charge in [0.15, 0.2) is 0 Å². The number of hydrogen-bond donors (Lipinski definition) is 0. The van der Waals surface area contributed by atoms with Crippen LogP contribution in [0.4, 0.5) is 0 Å².